The van der Waals surface area contributed by atoms with Crippen LogP contribution in [-0.4, -0.2) is 41.6 Å². The van der Waals surface area contributed by atoms with Crippen LogP contribution in [-0.2, 0) is 6.42 Å². The number of hydrogen-bond donors (Lipinski definition) is 2. The Bertz CT molecular complexity index is 1040. The number of carboxylic acid groups (broad SMARTS) is 1. The number of carboxylic acids is 1. The van der Waals surface area contributed by atoms with Crippen molar-refractivity contribution in [2.24, 2.45) is 0 Å². The van der Waals surface area contributed by atoms with E-state index in [2.05, 4.69) is 5.32 Å². The maximum atomic E-state index is 11.2. The molecule has 0 radical (unpaired) electrons. The van der Waals surface area contributed by atoms with Crippen molar-refractivity contribution in [2.75, 3.05) is 26.1 Å². The number of aromatic carboxylic acids is 1. The molecule has 2 N–H and O–H groups in total. The van der Waals surface area contributed by atoms with Crippen molar-refractivity contribution in [2.45, 2.75) is 19.3 Å². The number of ether oxygens (including phenoxy) is 2. The number of nitrogens with zero attached hydrogens (tertiary/aromatic N) is 2. The highest BCUT2D eigenvalue weighted by Gasteiger charge is 2.24. The predicted molar refractivity (Wildman–Crippen MR) is 110 cm³/mol. The van der Waals surface area contributed by atoms with Gasteiger partial charge in [0.25, 0.3) is 0 Å². The largest absolute Gasteiger partial charge is 0.493 e. The molecule has 0 bridgehead atoms. The SMILES string of the molecule is COc1cccc(-c2nn(-c3ccc(C(=O)O)cc3)c3c2CCCCN3)c1OC. The van der Waals surface area contributed by atoms with Crippen LogP contribution in [0.5, 0.6) is 11.5 Å². The lowest BCUT2D eigenvalue weighted by atomic mass is 10.0. The number of aromatic nitrogens is 2. The zero-order valence-electron chi connectivity index (χ0n) is 16.4. The molecule has 0 atom stereocenters. The molecule has 4 rings (SSSR count). The van der Waals surface area contributed by atoms with Gasteiger partial charge in [0, 0.05) is 17.7 Å². The number of nitrogens with one attached hydrogen (secondary N) is 1. The normalized spacial score (nSPS) is 13.2. The van der Waals surface area contributed by atoms with Crippen molar-refractivity contribution in [1.82, 2.24) is 9.78 Å². The van der Waals surface area contributed by atoms with Crippen molar-refractivity contribution in [3.63, 3.8) is 0 Å². The molecular formula is C22H23N3O4. The van der Waals surface area contributed by atoms with Crippen molar-refractivity contribution < 1.29 is 19.4 Å². The Labute approximate surface area is 168 Å². The van der Waals surface area contributed by atoms with Crippen LogP contribution in [0.3, 0.4) is 0 Å². The van der Waals surface area contributed by atoms with Gasteiger partial charge in [0.1, 0.15) is 11.5 Å². The first-order chi connectivity index (χ1) is 14.1. The molecule has 0 aliphatic carbocycles. The Balaban J connectivity index is 1.90. The molecule has 0 unspecified atom stereocenters. The average molecular weight is 393 g/mol. The van der Waals surface area contributed by atoms with Crippen LogP contribution in [0.2, 0.25) is 0 Å². The molecule has 3 aromatic rings. The maximum Gasteiger partial charge on any atom is 0.335 e. The summed E-state index contributed by atoms with van der Waals surface area (Å²) in [4.78, 5) is 11.2. The lowest BCUT2D eigenvalue weighted by molar-refractivity contribution is 0.0697. The molecule has 29 heavy (non-hydrogen) atoms. The standard InChI is InChI=1S/C22H23N3O4/c1-28-18-8-5-7-16(20(18)29-2)19-17-6-3-4-13-23-21(17)25(24-19)15-11-9-14(10-12-15)22(26)27/h5,7-12,23H,3-4,6,13H2,1-2H3,(H,26,27). The smallest absolute Gasteiger partial charge is 0.335 e. The number of anilines is 1. The highest BCUT2D eigenvalue weighted by molar-refractivity contribution is 5.87. The van der Waals surface area contributed by atoms with Gasteiger partial charge >= 0.3 is 5.97 Å². The number of para-hydroxylation sites is 1. The van der Waals surface area contributed by atoms with E-state index in [4.69, 9.17) is 14.6 Å². The third-order valence-corrected chi connectivity index (χ3v) is 5.15. The number of methoxy groups -OCH3 is 2. The summed E-state index contributed by atoms with van der Waals surface area (Å²) < 4.78 is 13.0. The van der Waals surface area contributed by atoms with Crippen LogP contribution in [0.25, 0.3) is 16.9 Å². The fraction of sp³-hybridized carbons (Fsp3) is 0.273. The lowest BCUT2D eigenvalue weighted by Crippen LogP contribution is -2.07. The molecule has 2 aromatic carbocycles. The number of carbonyl (C=O) groups is 1. The van der Waals surface area contributed by atoms with Gasteiger partial charge in [0.2, 0.25) is 0 Å². The molecule has 0 amide bonds. The lowest BCUT2D eigenvalue weighted by Gasteiger charge is -2.12. The third-order valence-electron chi connectivity index (χ3n) is 5.15. The summed E-state index contributed by atoms with van der Waals surface area (Å²) in [5.74, 6) is 1.29. The summed E-state index contributed by atoms with van der Waals surface area (Å²) in [6, 6.07) is 12.5. The molecule has 1 aliphatic heterocycles. The van der Waals surface area contributed by atoms with Crippen molar-refractivity contribution in [3.8, 4) is 28.4 Å². The van der Waals surface area contributed by atoms with E-state index in [-0.39, 0.29) is 5.56 Å². The van der Waals surface area contributed by atoms with E-state index in [1.165, 1.54) is 0 Å². The summed E-state index contributed by atoms with van der Waals surface area (Å²) in [7, 11) is 3.24. The van der Waals surface area contributed by atoms with Crippen LogP contribution < -0.4 is 14.8 Å². The Hall–Kier alpha value is -3.48. The monoisotopic (exact) mass is 393 g/mol. The van der Waals surface area contributed by atoms with Gasteiger partial charge < -0.3 is 19.9 Å². The molecule has 0 saturated carbocycles. The Morgan fingerprint density at radius 1 is 1.10 bits per heavy atom. The van der Waals surface area contributed by atoms with E-state index in [0.29, 0.717) is 11.5 Å². The van der Waals surface area contributed by atoms with E-state index >= 15 is 0 Å². The zero-order valence-corrected chi connectivity index (χ0v) is 16.4. The second-order valence-corrected chi connectivity index (χ2v) is 6.86. The van der Waals surface area contributed by atoms with E-state index in [9.17, 15) is 9.90 Å². The summed E-state index contributed by atoms with van der Waals surface area (Å²) in [6.45, 7) is 0.862. The fourth-order valence-electron chi connectivity index (χ4n) is 3.72. The third kappa shape index (κ3) is 3.40. The van der Waals surface area contributed by atoms with E-state index in [1.807, 2.05) is 22.9 Å². The van der Waals surface area contributed by atoms with Gasteiger partial charge in [-0.15, -0.1) is 0 Å². The molecule has 7 heteroatoms. The molecule has 150 valence electrons. The van der Waals surface area contributed by atoms with E-state index in [1.54, 1.807) is 38.5 Å². The second kappa shape index (κ2) is 7.87. The Kier molecular flexibility index (Phi) is 5.12. The van der Waals surface area contributed by atoms with Gasteiger partial charge in [0.15, 0.2) is 11.5 Å². The predicted octanol–water partition coefficient (Wildman–Crippen LogP) is 4.00. The summed E-state index contributed by atoms with van der Waals surface area (Å²) in [6.07, 6.45) is 3.02. The van der Waals surface area contributed by atoms with E-state index < -0.39 is 5.97 Å². The van der Waals surface area contributed by atoms with Crippen LogP contribution in [0.1, 0.15) is 28.8 Å². The van der Waals surface area contributed by atoms with Gasteiger partial charge in [-0.2, -0.15) is 5.10 Å². The Morgan fingerprint density at radius 2 is 1.90 bits per heavy atom. The van der Waals surface area contributed by atoms with Gasteiger partial charge in [-0.25, -0.2) is 9.48 Å². The molecule has 7 nitrogen and oxygen atoms in total. The quantitative estimate of drug-likeness (QED) is 0.681. The molecule has 1 aromatic heterocycles. The molecule has 0 fully saturated rings. The van der Waals surface area contributed by atoms with Crippen molar-refractivity contribution in [1.29, 1.82) is 0 Å². The van der Waals surface area contributed by atoms with Gasteiger partial charge in [-0.1, -0.05) is 6.07 Å². The number of rotatable bonds is 5. The fourth-order valence-corrected chi connectivity index (χ4v) is 3.72. The van der Waals surface area contributed by atoms with Crippen molar-refractivity contribution in [3.05, 3.63) is 53.6 Å². The topological polar surface area (TPSA) is 85.6 Å². The molecule has 0 saturated heterocycles. The zero-order chi connectivity index (χ0) is 20.4. The van der Waals surface area contributed by atoms with Crippen LogP contribution in [0.15, 0.2) is 42.5 Å². The van der Waals surface area contributed by atoms with Gasteiger partial charge in [-0.3, -0.25) is 0 Å². The summed E-state index contributed by atoms with van der Waals surface area (Å²) in [5.41, 5.74) is 3.87. The van der Waals surface area contributed by atoms with Crippen LogP contribution in [0.4, 0.5) is 5.82 Å². The van der Waals surface area contributed by atoms with Crippen LogP contribution in [0, 0.1) is 0 Å². The minimum Gasteiger partial charge on any atom is -0.493 e. The first-order valence-corrected chi connectivity index (χ1v) is 9.55. The number of fused-ring (bicyclic) bond motifs is 1. The van der Waals surface area contributed by atoms with Gasteiger partial charge in [0.05, 0.1) is 25.5 Å². The van der Waals surface area contributed by atoms with Crippen molar-refractivity contribution >= 4 is 11.8 Å². The highest BCUT2D eigenvalue weighted by Crippen LogP contribution is 2.42. The summed E-state index contributed by atoms with van der Waals surface area (Å²) >= 11 is 0. The first-order valence-electron chi connectivity index (χ1n) is 9.55. The highest BCUT2D eigenvalue weighted by atomic mass is 16.5. The Morgan fingerprint density at radius 3 is 2.59 bits per heavy atom. The van der Waals surface area contributed by atoms with Gasteiger partial charge in [-0.05, 0) is 55.7 Å². The number of benzene rings is 2. The molecular weight excluding hydrogens is 370 g/mol. The van der Waals surface area contributed by atoms with E-state index in [0.717, 1.165) is 54.1 Å². The maximum absolute atomic E-state index is 11.2. The molecule has 2 heterocycles. The average Bonchev–Trinajstić information content (AvgIpc) is 2.93. The summed E-state index contributed by atoms with van der Waals surface area (Å²) in [5, 5.41) is 17.6. The minimum atomic E-state index is -0.948. The second-order valence-electron chi connectivity index (χ2n) is 6.86. The minimum absolute atomic E-state index is 0.245. The van der Waals surface area contributed by atoms with Crippen LogP contribution >= 0.6 is 0 Å². The number of hydrogen-bond acceptors (Lipinski definition) is 5. The first kappa shape index (κ1) is 18.9. The molecule has 1 aliphatic rings. The molecule has 0 spiro atoms.